The van der Waals surface area contributed by atoms with Gasteiger partial charge in [0, 0.05) is 12.6 Å². The van der Waals surface area contributed by atoms with Gasteiger partial charge in [-0.2, -0.15) is 0 Å². The van der Waals surface area contributed by atoms with Crippen LogP contribution >= 0.6 is 0 Å². The number of likely N-dealkylation sites (N-methyl/N-ethyl adjacent to an activating group) is 1. The van der Waals surface area contributed by atoms with Crippen molar-refractivity contribution in [3.63, 3.8) is 0 Å². The standard InChI is InChI=1S/C14H28N2/c1-12(2)14(16(3)4)11-15-10-13-8-6-5-7-9-13/h5-6,12-15H,7-11H2,1-4H3. The van der Waals surface area contributed by atoms with Crippen molar-refractivity contribution >= 4 is 0 Å². The van der Waals surface area contributed by atoms with E-state index in [0.717, 1.165) is 12.5 Å². The maximum Gasteiger partial charge on any atom is 0.0237 e. The summed E-state index contributed by atoms with van der Waals surface area (Å²) in [5.74, 6) is 1.58. The highest BCUT2D eigenvalue weighted by molar-refractivity contribution is 4.90. The molecule has 2 unspecified atom stereocenters. The van der Waals surface area contributed by atoms with E-state index in [1.54, 1.807) is 0 Å². The molecule has 1 N–H and O–H groups in total. The second kappa shape index (κ2) is 7.08. The normalized spacial score (nSPS) is 23.0. The molecule has 0 bridgehead atoms. The first-order valence-electron chi connectivity index (χ1n) is 6.63. The maximum absolute atomic E-state index is 3.64. The van der Waals surface area contributed by atoms with Gasteiger partial charge in [-0.15, -0.1) is 0 Å². The largest absolute Gasteiger partial charge is 0.315 e. The van der Waals surface area contributed by atoms with Gasteiger partial charge in [0.2, 0.25) is 0 Å². The molecule has 0 heterocycles. The maximum atomic E-state index is 3.64. The Morgan fingerprint density at radius 2 is 2.06 bits per heavy atom. The molecule has 2 atom stereocenters. The third-order valence-electron chi connectivity index (χ3n) is 3.60. The van der Waals surface area contributed by atoms with E-state index >= 15 is 0 Å². The lowest BCUT2D eigenvalue weighted by Crippen LogP contribution is -2.42. The van der Waals surface area contributed by atoms with Crippen molar-refractivity contribution in [1.29, 1.82) is 0 Å². The van der Waals surface area contributed by atoms with Crippen LogP contribution in [-0.2, 0) is 0 Å². The van der Waals surface area contributed by atoms with Crippen LogP contribution in [0.15, 0.2) is 12.2 Å². The van der Waals surface area contributed by atoms with Crippen LogP contribution in [0.1, 0.15) is 33.1 Å². The Kier molecular flexibility index (Phi) is 6.07. The molecule has 0 aromatic carbocycles. The fourth-order valence-corrected chi connectivity index (χ4v) is 2.49. The molecular weight excluding hydrogens is 196 g/mol. The molecule has 0 fully saturated rings. The van der Waals surface area contributed by atoms with Gasteiger partial charge >= 0.3 is 0 Å². The van der Waals surface area contributed by atoms with E-state index in [9.17, 15) is 0 Å². The van der Waals surface area contributed by atoms with E-state index in [4.69, 9.17) is 0 Å². The summed E-state index contributed by atoms with van der Waals surface area (Å²) in [7, 11) is 4.35. The number of nitrogens with one attached hydrogen (secondary N) is 1. The number of hydrogen-bond donors (Lipinski definition) is 1. The van der Waals surface area contributed by atoms with Gasteiger partial charge in [-0.3, -0.25) is 0 Å². The molecule has 0 aromatic heterocycles. The van der Waals surface area contributed by atoms with Crippen LogP contribution in [0.4, 0.5) is 0 Å². The summed E-state index contributed by atoms with van der Waals surface area (Å²) in [5.41, 5.74) is 0. The van der Waals surface area contributed by atoms with Crippen LogP contribution in [0.2, 0.25) is 0 Å². The zero-order valence-corrected chi connectivity index (χ0v) is 11.4. The van der Waals surface area contributed by atoms with Crippen LogP contribution in [0.25, 0.3) is 0 Å². The monoisotopic (exact) mass is 224 g/mol. The highest BCUT2D eigenvalue weighted by Gasteiger charge is 2.16. The molecule has 1 aliphatic carbocycles. The number of allylic oxidation sites excluding steroid dienone is 2. The molecule has 0 saturated heterocycles. The average molecular weight is 224 g/mol. The fourth-order valence-electron chi connectivity index (χ4n) is 2.49. The lowest BCUT2D eigenvalue weighted by Gasteiger charge is -2.29. The molecule has 2 nitrogen and oxygen atoms in total. The third-order valence-corrected chi connectivity index (χ3v) is 3.60. The van der Waals surface area contributed by atoms with Crippen molar-refractivity contribution < 1.29 is 0 Å². The zero-order chi connectivity index (χ0) is 12.0. The average Bonchev–Trinajstić information content (AvgIpc) is 2.24. The van der Waals surface area contributed by atoms with E-state index in [-0.39, 0.29) is 0 Å². The van der Waals surface area contributed by atoms with Crippen LogP contribution in [0, 0.1) is 11.8 Å². The van der Waals surface area contributed by atoms with Crippen molar-refractivity contribution in [2.24, 2.45) is 11.8 Å². The van der Waals surface area contributed by atoms with Crippen LogP contribution < -0.4 is 5.32 Å². The first-order valence-corrected chi connectivity index (χ1v) is 6.63. The van der Waals surface area contributed by atoms with E-state index in [1.165, 1.54) is 25.8 Å². The number of rotatable bonds is 6. The fraction of sp³-hybridized carbons (Fsp3) is 0.857. The van der Waals surface area contributed by atoms with Gasteiger partial charge in [-0.25, -0.2) is 0 Å². The SMILES string of the molecule is CC(C)C(CNCC1CC=CCC1)N(C)C. The van der Waals surface area contributed by atoms with E-state index in [0.29, 0.717) is 12.0 Å². The minimum absolute atomic E-state index is 0.652. The van der Waals surface area contributed by atoms with Crippen molar-refractivity contribution in [1.82, 2.24) is 10.2 Å². The Balaban J connectivity index is 2.19. The van der Waals surface area contributed by atoms with Gasteiger partial charge < -0.3 is 10.2 Å². The Bertz CT molecular complexity index is 201. The lowest BCUT2D eigenvalue weighted by atomic mass is 9.94. The molecule has 0 radical (unpaired) electrons. The van der Waals surface area contributed by atoms with Gasteiger partial charge in [0.25, 0.3) is 0 Å². The van der Waals surface area contributed by atoms with E-state index in [2.05, 4.69) is 50.3 Å². The summed E-state index contributed by atoms with van der Waals surface area (Å²) in [5, 5.41) is 3.64. The van der Waals surface area contributed by atoms with Crippen molar-refractivity contribution in [3.8, 4) is 0 Å². The summed E-state index contributed by atoms with van der Waals surface area (Å²) in [6, 6.07) is 0.652. The molecule has 1 aliphatic rings. The third kappa shape index (κ3) is 4.67. The van der Waals surface area contributed by atoms with Gasteiger partial charge in [-0.1, -0.05) is 26.0 Å². The van der Waals surface area contributed by atoms with Gasteiger partial charge in [0.15, 0.2) is 0 Å². The molecule has 0 aromatic rings. The summed E-state index contributed by atoms with van der Waals surface area (Å²) >= 11 is 0. The molecule has 0 spiro atoms. The van der Waals surface area contributed by atoms with Crippen LogP contribution in [-0.4, -0.2) is 38.1 Å². The zero-order valence-electron chi connectivity index (χ0n) is 11.4. The second-order valence-electron chi connectivity index (χ2n) is 5.58. The van der Waals surface area contributed by atoms with Crippen LogP contribution in [0.5, 0.6) is 0 Å². The van der Waals surface area contributed by atoms with Crippen molar-refractivity contribution in [2.75, 3.05) is 27.2 Å². The predicted octanol–water partition coefficient (Wildman–Crippen LogP) is 2.52. The summed E-state index contributed by atoms with van der Waals surface area (Å²) in [4.78, 5) is 2.33. The first-order chi connectivity index (χ1) is 7.61. The Morgan fingerprint density at radius 1 is 1.31 bits per heavy atom. The predicted molar refractivity (Wildman–Crippen MR) is 71.7 cm³/mol. The summed E-state index contributed by atoms with van der Waals surface area (Å²) in [6.07, 6.45) is 8.54. The lowest BCUT2D eigenvalue weighted by molar-refractivity contribution is 0.221. The minimum atomic E-state index is 0.652. The van der Waals surface area contributed by atoms with Crippen molar-refractivity contribution in [3.05, 3.63) is 12.2 Å². The first kappa shape index (κ1) is 13.7. The molecule has 1 rings (SSSR count). The molecule has 0 saturated carbocycles. The van der Waals surface area contributed by atoms with Crippen LogP contribution in [0.3, 0.4) is 0 Å². The minimum Gasteiger partial charge on any atom is -0.315 e. The Morgan fingerprint density at radius 3 is 2.56 bits per heavy atom. The molecule has 0 amide bonds. The molecule has 16 heavy (non-hydrogen) atoms. The smallest absolute Gasteiger partial charge is 0.0237 e. The van der Waals surface area contributed by atoms with Gasteiger partial charge in [0.1, 0.15) is 0 Å². The number of nitrogens with zero attached hydrogens (tertiary/aromatic N) is 1. The van der Waals surface area contributed by atoms with Crippen molar-refractivity contribution in [2.45, 2.75) is 39.2 Å². The second-order valence-corrected chi connectivity index (χ2v) is 5.58. The highest BCUT2D eigenvalue weighted by Crippen LogP contribution is 2.17. The van der Waals surface area contributed by atoms with E-state index in [1.807, 2.05) is 0 Å². The highest BCUT2D eigenvalue weighted by atomic mass is 15.1. The van der Waals surface area contributed by atoms with Gasteiger partial charge in [0.05, 0.1) is 0 Å². The van der Waals surface area contributed by atoms with Gasteiger partial charge in [-0.05, 0) is 51.7 Å². The van der Waals surface area contributed by atoms with E-state index < -0.39 is 0 Å². The quantitative estimate of drug-likeness (QED) is 0.697. The summed E-state index contributed by atoms with van der Waals surface area (Å²) < 4.78 is 0. The summed E-state index contributed by atoms with van der Waals surface area (Å²) in [6.45, 7) is 6.90. The Hall–Kier alpha value is -0.340. The Labute approximate surface area is 101 Å². The molecule has 0 aliphatic heterocycles. The molecule has 2 heteroatoms. The topological polar surface area (TPSA) is 15.3 Å². The number of hydrogen-bond acceptors (Lipinski definition) is 2. The molecular formula is C14H28N2. The molecule has 94 valence electrons.